The SMILES string of the molecule is C[C@@H]1C2CCC23CC13. The molecule has 0 saturated heterocycles. The lowest BCUT2D eigenvalue weighted by molar-refractivity contribution is -0.0297. The second kappa shape index (κ2) is 0.778. The zero-order valence-electron chi connectivity index (χ0n) is 5.35. The molecule has 0 aromatic heterocycles. The lowest BCUT2D eigenvalue weighted by Crippen LogP contribution is -2.45. The summed E-state index contributed by atoms with van der Waals surface area (Å²) in [6.07, 6.45) is 4.77. The largest absolute Gasteiger partial charge is 0.0619 e. The highest BCUT2D eigenvalue weighted by Gasteiger charge is 2.75. The van der Waals surface area contributed by atoms with Crippen LogP contribution in [-0.2, 0) is 0 Å². The minimum atomic E-state index is 0.999. The van der Waals surface area contributed by atoms with Gasteiger partial charge in [0.15, 0.2) is 0 Å². The van der Waals surface area contributed by atoms with E-state index in [1.165, 1.54) is 11.8 Å². The Morgan fingerprint density at radius 2 is 2.25 bits per heavy atom. The highest BCUT2D eigenvalue weighted by atomic mass is 14.8. The van der Waals surface area contributed by atoms with Gasteiger partial charge in [-0.15, -0.1) is 0 Å². The van der Waals surface area contributed by atoms with E-state index >= 15 is 0 Å². The molecule has 8 heavy (non-hydrogen) atoms. The molecule has 3 rings (SSSR count). The van der Waals surface area contributed by atoms with Crippen molar-refractivity contribution >= 4 is 0 Å². The van der Waals surface area contributed by atoms with E-state index < -0.39 is 0 Å². The molecule has 0 N–H and O–H groups in total. The predicted molar refractivity (Wildman–Crippen MR) is 32.4 cm³/mol. The molecule has 44 valence electrons. The van der Waals surface area contributed by atoms with Crippen LogP contribution in [0.1, 0.15) is 26.2 Å². The zero-order valence-corrected chi connectivity index (χ0v) is 5.35. The maximum Gasteiger partial charge on any atom is -0.0232 e. The smallest absolute Gasteiger partial charge is 0.0232 e. The molecule has 0 bridgehead atoms. The van der Waals surface area contributed by atoms with Gasteiger partial charge in [-0.1, -0.05) is 6.92 Å². The van der Waals surface area contributed by atoms with Gasteiger partial charge in [0.05, 0.1) is 0 Å². The van der Waals surface area contributed by atoms with Crippen LogP contribution in [0.2, 0.25) is 0 Å². The summed E-state index contributed by atoms with van der Waals surface area (Å²) >= 11 is 0. The van der Waals surface area contributed by atoms with Crippen LogP contribution in [0.5, 0.6) is 0 Å². The van der Waals surface area contributed by atoms with Gasteiger partial charge in [-0.2, -0.15) is 0 Å². The summed E-state index contributed by atoms with van der Waals surface area (Å²) in [6, 6.07) is 0. The zero-order chi connectivity index (χ0) is 5.35. The van der Waals surface area contributed by atoms with Gasteiger partial charge in [0.1, 0.15) is 0 Å². The lowest BCUT2D eigenvalue weighted by Gasteiger charge is -2.51. The van der Waals surface area contributed by atoms with E-state index in [2.05, 4.69) is 6.92 Å². The first kappa shape index (κ1) is 3.92. The maximum atomic E-state index is 2.44. The summed E-state index contributed by atoms with van der Waals surface area (Å²) in [5.41, 5.74) is 0.999. The summed E-state index contributed by atoms with van der Waals surface area (Å²) in [6.45, 7) is 2.44. The second-order valence-electron chi connectivity index (χ2n) is 4.05. The van der Waals surface area contributed by atoms with Gasteiger partial charge >= 0.3 is 0 Å². The van der Waals surface area contributed by atoms with E-state index in [1.807, 2.05) is 0 Å². The Morgan fingerprint density at radius 1 is 1.38 bits per heavy atom. The van der Waals surface area contributed by atoms with E-state index in [0.29, 0.717) is 0 Å². The van der Waals surface area contributed by atoms with Gasteiger partial charge in [-0.25, -0.2) is 0 Å². The third-order valence-electron chi connectivity index (χ3n) is 4.11. The molecule has 0 aromatic rings. The molecule has 3 unspecified atom stereocenters. The van der Waals surface area contributed by atoms with Crippen LogP contribution in [0, 0.1) is 23.2 Å². The van der Waals surface area contributed by atoms with Gasteiger partial charge in [-0.3, -0.25) is 0 Å². The van der Waals surface area contributed by atoms with Crippen molar-refractivity contribution in [1.82, 2.24) is 0 Å². The van der Waals surface area contributed by atoms with Gasteiger partial charge < -0.3 is 0 Å². The van der Waals surface area contributed by atoms with Gasteiger partial charge in [0.25, 0.3) is 0 Å². The molecule has 3 aliphatic rings. The van der Waals surface area contributed by atoms with Crippen molar-refractivity contribution in [3.63, 3.8) is 0 Å². The Balaban J connectivity index is 1.99. The monoisotopic (exact) mass is 108 g/mol. The van der Waals surface area contributed by atoms with Crippen molar-refractivity contribution in [2.45, 2.75) is 26.2 Å². The summed E-state index contributed by atoms with van der Waals surface area (Å²) in [4.78, 5) is 0. The summed E-state index contributed by atoms with van der Waals surface area (Å²) < 4.78 is 0. The average molecular weight is 108 g/mol. The number of hydrogen-bond acceptors (Lipinski definition) is 0. The molecular weight excluding hydrogens is 96.1 g/mol. The van der Waals surface area contributed by atoms with Crippen LogP contribution in [0.3, 0.4) is 0 Å². The second-order valence-corrected chi connectivity index (χ2v) is 4.05. The number of hydrogen-bond donors (Lipinski definition) is 0. The molecule has 0 nitrogen and oxygen atoms in total. The Bertz CT molecular complexity index is 150. The standard InChI is InChI=1S/C8H12/c1-5-6-2-3-8(6)4-7(5)8/h5-7H,2-4H2,1H3/t5-,6?,7?,8?/m1/s1. The first-order chi connectivity index (χ1) is 3.84. The van der Waals surface area contributed by atoms with Crippen LogP contribution in [0.4, 0.5) is 0 Å². The van der Waals surface area contributed by atoms with Crippen LogP contribution >= 0.6 is 0 Å². The third kappa shape index (κ3) is 0.178. The molecule has 3 saturated carbocycles. The Kier molecular flexibility index (Phi) is 0.381. The fourth-order valence-electron chi connectivity index (χ4n) is 3.40. The van der Waals surface area contributed by atoms with E-state index in [0.717, 1.165) is 11.3 Å². The quantitative estimate of drug-likeness (QED) is 0.445. The van der Waals surface area contributed by atoms with Gasteiger partial charge in [-0.05, 0) is 42.4 Å². The molecule has 0 heteroatoms. The van der Waals surface area contributed by atoms with E-state index in [9.17, 15) is 0 Å². The third-order valence-corrected chi connectivity index (χ3v) is 4.11. The van der Waals surface area contributed by atoms with Crippen LogP contribution < -0.4 is 0 Å². The molecule has 3 fully saturated rings. The van der Waals surface area contributed by atoms with Crippen molar-refractivity contribution in [1.29, 1.82) is 0 Å². The molecule has 0 aromatic carbocycles. The molecule has 0 radical (unpaired) electrons. The van der Waals surface area contributed by atoms with E-state index in [4.69, 9.17) is 0 Å². The summed E-state index contributed by atoms with van der Waals surface area (Å²) in [5, 5.41) is 0. The molecular formula is C8H12. The molecule has 0 heterocycles. The Labute approximate surface area is 50.3 Å². The van der Waals surface area contributed by atoms with Crippen molar-refractivity contribution in [2.24, 2.45) is 23.2 Å². The molecule has 4 atom stereocenters. The fourth-order valence-corrected chi connectivity index (χ4v) is 3.40. The highest BCUT2D eigenvalue weighted by Crippen LogP contribution is 2.82. The Hall–Kier alpha value is 0. The average Bonchev–Trinajstić information content (AvgIpc) is 2.35. The van der Waals surface area contributed by atoms with E-state index in [-0.39, 0.29) is 0 Å². The minimum Gasteiger partial charge on any atom is -0.0619 e. The van der Waals surface area contributed by atoms with Gasteiger partial charge in [0, 0.05) is 0 Å². The first-order valence-corrected chi connectivity index (χ1v) is 3.84. The summed E-state index contributed by atoms with van der Waals surface area (Å²) in [5.74, 6) is 3.54. The number of rotatable bonds is 0. The van der Waals surface area contributed by atoms with Crippen LogP contribution in [0.25, 0.3) is 0 Å². The summed E-state index contributed by atoms with van der Waals surface area (Å²) in [7, 11) is 0. The van der Waals surface area contributed by atoms with E-state index in [1.54, 1.807) is 19.3 Å². The van der Waals surface area contributed by atoms with Crippen molar-refractivity contribution in [3.8, 4) is 0 Å². The normalized spacial score (nSPS) is 73.9. The van der Waals surface area contributed by atoms with Crippen LogP contribution in [0.15, 0.2) is 0 Å². The molecule has 0 amide bonds. The van der Waals surface area contributed by atoms with Crippen LogP contribution in [-0.4, -0.2) is 0 Å². The first-order valence-electron chi connectivity index (χ1n) is 3.84. The molecule has 3 aliphatic carbocycles. The van der Waals surface area contributed by atoms with Crippen molar-refractivity contribution < 1.29 is 0 Å². The topological polar surface area (TPSA) is 0 Å². The van der Waals surface area contributed by atoms with Gasteiger partial charge in [0.2, 0.25) is 0 Å². The van der Waals surface area contributed by atoms with Crippen molar-refractivity contribution in [2.75, 3.05) is 0 Å². The maximum absolute atomic E-state index is 2.44. The molecule has 0 aliphatic heterocycles. The minimum absolute atomic E-state index is 0.999. The lowest BCUT2D eigenvalue weighted by atomic mass is 9.53. The molecule has 1 spiro atoms. The predicted octanol–water partition coefficient (Wildman–Crippen LogP) is 2.05. The fraction of sp³-hybridized carbons (Fsp3) is 1.00. The highest BCUT2D eigenvalue weighted by molar-refractivity contribution is 5.24. The Morgan fingerprint density at radius 3 is 2.38 bits per heavy atom. The van der Waals surface area contributed by atoms with Crippen molar-refractivity contribution in [3.05, 3.63) is 0 Å².